The molecule has 1 aromatic heterocycles. The Kier molecular flexibility index (Phi) is 6.88. The van der Waals surface area contributed by atoms with Crippen LogP contribution in [0.5, 0.6) is 0 Å². The summed E-state index contributed by atoms with van der Waals surface area (Å²) >= 11 is 2.87. The maximum atomic E-state index is 12.9. The Hall–Kier alpha value is -2.43. The molecule has 1 N–H and O–H groups in total. The van der Waals surface area contributed by atoms with Gasteiger partial charge in [0.2, 0.25) is 5.13 Å². The van der Waals surface area contributed by atoms with Gasteiger partial charge in [0, 0.05) is 12.8 Å². The van der Waals surface area contributed by atoms with Gasteiger partial charge < -0.3 is 0 Å². The highest BCUT2D eigenvalue weighted by Gasteiger charge is 2.25. The molecule has 3 aromatic rings. The summed E-state index contributed by atoms with van der Waals surface area (Å²) in [7, 11) is -2.37. The second-order valence-electron chi connectivity index (χ2n) is 5.98. The Bertz CT molecular complexity index is 1080. The van der Waals surface area contributed by atoms with Crippen LogP contribution in [0.25, 0.3) is 0 Å². The number of carbonyl (C=O) groups is 1. The van der Waals surface area contributed by atoms with Crippen LogP contribution in [-0.4, -0.2) is 37.3 Å². The number of benzene rings is 2. The Morgan fingerprint density at radius 1 is 1.10 bits per heavy atom. The standard InChI is InChI=1S/C19H20N4O3S3/c1-3-13-27-19-22-21-18(28-19)20-17(24)15-11-7-8-12-16(15)23(2)29(25,26)14-9-5-4-6-10-14/h4-12H,3,13H2,1-2H3,(H,20,21,24). The molecule has 7 nitrogen and oxygen atoms in total. The fourth-order valence-corrected chi connectivity index (χ4v) is 5.40. The third-order valence-corrected chi connectivity index (χ3v) is 7.91. The van der Waals surface area contributed by atoms with E-state index in [0.717, 1.165) is 20.8 Å². The Labute approximate surface area is 178 Å². The van der Waals surface area contributed by atoms with E-state index in [1.54, 1.807) is 54.2 Å². The first-order valence-electron chi connectivity index (χ1n) is 8.84. The number of rotatable bonds is 8. The normalized spacial score (nSPS) is 11.2. The monoisotopic (exact) mass is 448 g/mol. The first-order valence-corrected chi connectivity index (χ1v) is 12.1. The third-order valence-electron chi connectivity index (χ3n) is 3.95. The number of hydrogen-bond donors (Lipinski definition) is 1. The molecule has 0 unspecified atom stereocenters. The average molecular weight is 449 g/mol. The molecule has 0 fully saturated rings. The number of hydrogen-bond acceptors (Lipinski definition) is 7. The highest BCUT2D eigenvalue weighted by atomic mass is 32.2. The van der Waals surface area contributed by atoms with Crippen molar-refractivity contribution in [2.45, 2.75) is 22.6 Å². The molecule has 0 aliphatic rings. The van der Waals surface area contributed by atoms with Gasteiger partial charge in [0.15, 0.2) is 4.34 Å². The quantitative estimate of drug-likeness (QED) is 0.412. The second kappa shape index (κ2) is 9.38. The Balaban J connectivity index is 1.85. The van der Waals surface area contributed by atoms with Crippen LogP contribution in [0.15, 0.2) is 63.8 Å². The van der Waals surface area contributed by atoms with Crippen molar-refractivity contribution in [3.63, 3.8) is 0 Å². The van der Waals surface area contributed by atoms with Crippen molar-refractivity contribution >= 4 is 49.8 Å². The van der Waals surface area contributed by atoms with E-state index in [1.165, 1.54) is 30.5 Å². The van der Waals surface area contributed by atoms with Gasteiger partial charge in [-0.2, -0.15) is 0 Å². The van der Waals surface area contributed by atoms with Crippen LogP contribution in [0.2, 0.25) is 0 Å². The molecular formula is C19H20N4O3S3. The molecule has 0 saturated carbocycles. The maximum absolute atomic E-state index is 12.9. The topological polar surface area (TPSA) is 92.3 Å². The van der Waals surface area contributed by atoms with E-state index in [-0.39, 0.29) is 16.1 Å². The minimum atomic E-state index is -3.80. The van der Waals surface area contributed by atoms with E-state index in [2.05, 4.69) is 22.4 Å². The summed E-state index contributed by atoms with van der Waals surface area (Å²) in [5.41, 5.74) is 0.506. The minimum absolute atomic E-state index is 0.152. The zero-order valence-electron chi connectivity index (χ0n) is 15.9. The van der Waals surface area contributed by atoms with Crippen molar-refractivity contribution in [3.8, 4) is 0 Å². The van der Waals surface area contributed by atoms with Crippen LogP contribution < -0.4 is 9.62 Å². The fraction of sp³-hybridized carbons (Fsp3) is 0.211. The molecule has 0 saturated heterocycles. The molecule has 152 valence electrons. The van der Waals surface area contributed by atoms with Gasteiger partial charge in [0.05, 0.1) is 16.1 Å². The lowest BCUT2D eigenvalue weighted by molar-refractivity contribution is 0.102. The Morgan fingerprint density at radius 3 is 2.52 bits per heavy atom. The first-order chi connectivity index (χ1) is 13.9. The van der Waals surface area contributed by atoms with Crippen LogP contribution in [0.3, 0.4) is 0 Å². The highest BCUT2D eigenvalue weighted by molar-refractivity contribution is 8.01. The number of nitrogens with one attached hydrogen (secondary N) is 1. The summed E-state index contributed by atoms with van der Waals surface area (Å²) < 4.78 is 27.8. The van der Waals surface area contributed by atoms with Crippen LogP contribution >= 0.6 is 23.1 Å². The zero-order chi connectivity index (χ0) is 20.9. The number of thioether (sulfide) groups is 1. The largest absolute Gasteiger partial charge is 0.296 e. The van der Waals surface area contributed by atoms with Gasteiger partial charge >= 0.3 is 0 Å². The summed E-state index contributed by atoms with van der Waals surface area (Å²) in [6.07, 6.45) is 1.02. The van der Waals surface area contributed by atoms with Crippen LogP contribution in [0, 0.1) is 0 Å². The number of sulfonamides is 1. The van der Waals surface area contributed by atoms with Gasteiger partial charge in [-0.3, -0.25) is 14.4 Å². The molecule has 0 aliphatic heterocycles. The lowest BCUT2D eigenvalue weighted by atomic mass is 10.1. The van der Waals surface area contributed by atoms with Gasteiger partial charge in [0.25, 0.3) is 15.9 Å². The van der Waals surface area contributed by atoms with Gasteiger partial charge in [-0.15, -0.1) is 10.2 Å². The highest BCUT2D eigenvalue weighted by Crippen LogP contribution is 2.29. The van der Waals surface area contributed by atoms with E-state index in [9.17, 15) is 13.2 Å². The first kappa shape index (κ1) is 21.3. The van der Waals surface area contributed by atoms with Crippen molar-refractivity contribution in [2.75, 3.05) is 22.4 Å². The maximum Gasteiger partial charge on any atom is 0.264 e. The van der Waals surface area contributed by atoms with Crippen molar-refractivity contribution < 1.29 is 13.2 Å². The molecule has 0 atom stereocenters. The second-order valence-corrected chi connectivity index (χ2v) is 10.3. The van der Waals surface area contributed by atoms with E-state index in [1.807, 2.05) is 0 Å². The van der Waals surface area contributed by atoms with Crippen molar-refractivity contribution in [2.24, 2.45) is 0 Å². The molecule has 0 bridgehead atoms. The fourth-order valence-electron chi connectivity index (χ4n) is 2.49. The average Bonchev–Trinajstić information content (AvgIpc) is 3.19. The SMILES string of the molecule is CCCSc1nnc(NC(=O)c2ccccc2N(C)S(=O)(=O)c2ccccc2)s1. The number of para-hydroxylation sites is 1. The van der Waals surface area contributed by atoms with Crippen LogP contribution in [-0.2, 0) is 10.0 Å². The predicted octanol–water partition coefficient (Wildman–Crippen LogP) is 4.12. The van der Waals surface area contributed by atoms with Crippen LogP contribution in [0.4, 0.5) is 10.8 Å². The van der Waals surface area contributed by atoms with E-state index < -0.39 is 15.9 Å². The van der Waals surface area contributed by atoms with Crippen molar-refractivity contribution in [1.82, 2.24) is 10.2 Å². The van der Waals surface area contributed by atoms with Crippen LogP contribution in [0.1, 0.15) is 23.7 Å². The van der Waals surface area contributed by atoms with Gasteiger partial charge in [-0.05, 0) is 30.7 Å². The zero-order valence-corrected chi connectivity index (χ0v) is 18.4. The summed E-state index contributed by atoms with van der Waals surface area (Å²) in [4.78, 5) is 13.0. The summed E-state index contributed by atoms with van der Waals surface area (Å²) in [5, 5.41) is 11.1. The molecule has 10 heteroatoms. The van der Waals surface area contributed by atoms with Crippen molar-refractivity contribution in [3.05, 3.63) is 60.2 Å². The molecule has 1 heterocycles. The number of nitrogens with zero attached hydrogens (tertiary/aromatic N) is 3. The van der Waals surface area contributed by atoms with E-state index >= 15 is 0 Å². The molecule has 0 aliphatic carbocycles. The Morgan fingerprint density at radius 2 is 1.79 bits per heavy atom. The molecule has 1 amide bonds. The number of aromatic nitrogens is 2. The predicted molar refractivity (Wildman–Crippen MR) is 117 cm³/mol. The molecule has 3 rings (SSSR count). The third kappa shape index (κ3) is 4.95. The molecule has 2 aromatic carbocycles. The number of amides is 1. The molecule has 0 radical (unpaired) electrons. The van der Waals surface area contributed by atoms with Gasteiger partial charge in [-0.1, -0.05) is 60.4 Å². The smallest absolute Gasteiger partial charge is 0.264 e. The van der Waals surface area contributed by atoms with Gasteiger partial charge in [-0.25, -0.2) is 8.42 Å². The van der Waals surface area contributed by atoms with Gasteiger partial charge in [0.1, 0.15) is 0 Å². The summed E-state index contributed by atoms with van der Waals surface area (Å²) in [6.45, 7) is 2.08. The lowest BCUT2D eigenvalue weighted by Crippen LogP contribution is -2.29. The molecule has 29 heavy (non-hydrogen) atoms. The van der Waals surface area contributed by atoms with E-state index in [4.69, 9.17) is 0 Å². The van der Waals surface area contributed by atoms with Crippen molar-refractivity contribution in [1.29, 1.82) is 0 Å². The number of anilines is 2. The molecular weight excluding hydrogens is 428 g/mol. The summed E-state index contributed by atoms with van der Waals surface area (Å²) in [6, 6.07) is 14.6. The lowest BCUT2D eigenvalue weighted by Gasteiger charge is -2.21. The number of carbonyl (C=O) groups excluding carboxylic acids is 1. The van der Waals surface area contributed by atoms with E-state index in [0.29, 0.717) is 5.13 Å². The molecule has 0 spiro atoms. The summed E-state index contributed by atoms with van der Waals surface area (Å²) in [5.74, 6) is 0.479. The minimum Gasteiger partial charge on any atom is -0.296 e.